The van der Waals surface area contributed by atoms with E-state index in [2.05, 4.69) is 13.8 Å². The Morgan fingerprint density at radius 2 is 1.53 bits per heavy atom. The highest BCUT2D eigenvalue weighted by atomic mass is 16.5. The van der Waals surface area contributed by atoms with Crippen molar-refractivity contribution in [1.82, 2.24) is 0 Å². The number of hydrogen-bond donors (Lipinski definition) is 1. The molecule has 0 aliphatic rings. The maximum Gasteiger partial charge on any atom is 0.129 e. The SMILES string of the molecule is COc1cc(OC)c(CC(CN)C(C)C)c(OC)c1. The molecule has 1 aromatic rings. The van der Waals surface area contributed by atoms with E-state index in [9.17, 15) is 0 Å². The van der Waals surface area contributed by atoms with E-state index in [1.807, 2.05) is 12.1 Å². The molecular weight excluding hydrogens is 242 g/mol. The standard InChI is InChI=1S/C15H25NO3/c1-10(2)11(9-16)6-13-14(18-4)7-12(17-3)8-15(13)19-5/h7-8,10-11H,6,9,16H2,1-5H3. The lowest BCUT2D eigenvalue weighted by Crippen LogP contribution is -2.22. The number of benzene rings is 1. The third kappa shape index (κ3) is 3.77. The summed E-state index contributed by atoms with van der Waals surface area (Å²) in [4.78, 5) is 0. The van der Waals surface area contributed by atoms with Crippen molar-refractivity contribution in [3.05, 3.63) is 17.7 Å². The summed E-state index contributed by atoms with van der Waals surface area (Å²) in [5.41, 5.74) is 6.91. The zero-order valence-corrected chi connectivity index (χ0v) is 12.5. The molecular formula is C15H25NO3. The van der Waals surface area contributed by atoms with Crippen LogP contribution in [0.25, 0.3) is 0 Å². The van der Waals surface area contributed by atoms with E-state index in [-0.39, 0.29) is 0 Å². The Kier molecular flexibility index (Phi) is 5.96. The van der Waals surface area contributed by atoms with Crippen molar-refractivity contribution in [3.8, 4) is 17.2 Å². The van der Waals surface area contributed by atoms with Crippen LogP contribution < -0.4 is 19.9 Å². The van der Waals surface area contributed by atoms with E-state index in [1.165, 1.54) is 0 Å². The highest BCUT2D eigenvalue weighted by molar-refractivity contribution is 5.51. The van der Waals surface area contributed by atoms with E-state index in [0.717, 1.165) is 29.2 Å². The molecule has 2 N–H and O–H groups in total. The van der Waals surface area contributed by atoms with Gasteiger partial charge in [0, 0.05) is 17.7 Å². The molecule has 4 heteroatoms. The van der Waals surface area contributed by atoms with Gasteiger partial charge in [-0.25, -0.2) is 0 Å². The van der Waals surface area contributed by atoms with Gasteiger partial charge < -0.3 is 19.9 Å². The monoisotopic (exact) mass is 267 g/mol. The maximum atomic E-state index is 5.85. The zero-order chi connectivity index (χ0) is 14.4. The fourth-order valence-corrected chi connectivity index (χ4v) is 2.13. The van der Waals surface area contributed by atoms with Crippen molar-refractivity contribution in [2.75, 3.05) is 27.9 Å². The Hall–Kier alpha value is -1.42. The molecule has 1 atom stereocenters. The van der Waals surface area contributed by atoms with Gasteiger partial charge in [-0.2, -0.15) is 0 Å². The molecule has 1 aromatic carbocycles. The summed E-state index contributed by atoms with van der Waals surface area (Å²) in [6.07, 6.45) is 0.838. The molecule has 0 radical (unpaired) electrons. The number of ether oxygens (including phenoxy) is 3. The highest BCUT2D eigenvalue weighted by Gasteiger charge is 2.19. The minimum atomic E-state index is 0.399. The lowest BCUT2D eigenvalue weighted by molar-refractivity contribution is 0.347. The number of rotatable bonds is 7. The number of nitrogens with two attached hydrogens (primary N) is 1. The minimum absolute atomic E-state index is 0.399. The van der Waals surface area contributed by atoms with Crippen molar-refractivity contribution in [1.29, 1.82) is 0 Å². The average molecular weight is 267 g/mol. The van der Waals surface area contributed by atoms with Crippen LogP contribution in [0.4, 0.5) is 0 Å². The van der Waals surface area contributed by atoms with Crippen molar-refractivity contribution < 1.29 is 14.2 Å². The molecule has 0 aromatic heterocycles. The van der Waals surface area contributed by atoms with Gasteiger partial charge in [-0.15, -0.1) is 0 Å². The first kappa shape index (κ1) is 15.6. The molecule has 1 rings (SSSR count). The quantitative estimate of drug-likeness (QED) is 0.824. The van der Waals surface area contributed by atoms with Crippen LogP contribution in [-0.2, 0) is 6.42 Å². The second kappa shape index (κ2) is 7.24. The van der Waals surface area contributed by atoms with Gasteiger partial charge >= 0.3 is 0 Å². The minimum Gasteiger partial charge on any atom is -0.496 e. The lowest BCUT2D eigenvalue weighted by atomic mass is 9.88. The lowest BCUT2D eigenvalue weighted by Gasteiger charge is -2.22. The van der Waals surface area contributed by atoms with Gasteiger partial charge in [-0.3, -0.25) is 0 Å². The van der Waals surface area contributed by atoms with E-state index in [4.69, 9.17) is 19.9 Å². The molecule has 0 saturated heterocycles. The van der Waals surface area contributed by atoms with E-state index >= 15 is 0 Å². The number of hydrogen-bond acceptors (Lipinski definition) is 4. The maximum absolute atomic E-state index is 5.85. The van der Waals surface area contributed by atoms with Crippen LogP contribution in [0.2, 0.25) is 0 Å². The van der Waals surface area contributed by atoms with Gasteiger partial charge in [0.15, 0.2) is 0 Å². The fraction of sp³-hybridized carbons (Fsp3) is 0.600. The molecule has 0 aliphatic heterocycles. The Morgan fingerprint density at radius 1 is 1.00 bits per heavy atom. The molecule has 0 amide bonds. The van der Waals surface area contributed by atoms with Crippen molar-refractivity contribution in [2.45, 2.75) is 20.3 Å². The Bertz CT molecular complexity index is 379. The molecule has 1 unspecified atom stereocenters. The van der Waals surface area contributed by atoms with E-state index < -0.39 is 0 Å². The topological polar surface area (TPSA) is 53.7 Å². The number of methoxy groups -OCH3 is 3. The summed E-state index contributed by atoms with van der Waals surface area (Å²) < 4.78 is 16.2. The predicted molar refractivity (Wildman–Crippen MR) is 77.2 cm³/mol. The molecule has 19 heavy (non-hydrogen) atoms. The summed E-state index contributed by atoms with van der Waals surface area (Å²) in [7, 11) is 4.94. The second-order valence-electron chi connectivity index (χ2n) is 4.95. The van der Waals surface area contributed by atoms with Gasteiger partial charge in [0.2, 0.25) is 0 Å². The summed E-state index contributed by atoms with van der Waals surface area (Å²) in [6, 6.07) is 3.76. The molecule has 0 bridgehead atoms. The molecule has 108 valence electrons. The summed E-state index contributed by atoms with van der Waals surface area (Å²) in [5.74, 6) is 3.22. The summed E-state index contributed by atoms with van der Waals surface area (Å²) in [5, 5.41) is 0. The molecule has 0 heterocycles. The van der Waals surface area contributed by atoms with Crippen LogP contribution in [0, 0.1) is 11.8 Å². The van der Waals surface area contributed by atoms with Gasteiger partial charge in [0.05, 0.1) is 21.3 Å². The smallest absolute Gasteiger partial charge is 0.129 e. The third-order valence-electron chi connectivity index (χ3n) is 3.53. The largest absolute Gasteiger partial charge is 0.496 e. The summed E-state index contributed by atoms with van der Waals surface area (Å²) >= 11 is 0. The van der Waals surface area contributed by atoms with Gasteiger partial charge in [-0.05, 0) is 24.8 Å². The van der Waals surface area contributed by atoms with Gasteiger partial charge in [-0.1, -0.05) is 13.8 Å². The van der Waals surface area contributed by atoms with Crippen molar-refractivity contribution >= 4 is 0 Å². The molecule has 0 aliphatic carbocycles. The van der Waals surface area contributed by atoms with Crippen LogP contribution in [0.15, 0.2) is 12.1 Å². The third-order valence-corrected chi connectivity index (χ3v) is 3.53. The van der Waals surface area contributed by atoms with Crippen LogP contribution in [0.1, 0.15) is 19.4 Å². The first-order valence-corrected chi connectivity index (χ1v) is 6.56. The Balaban J connectivity index is 3.16. The first-order chi connectivity index (χ1) is 9.07. The van der Waals surface area contributed by atoms with E-state index in [1.54, 1.807) is 21.3 Å². The second-order valence-corrected chi connectivity index (χ2v) is 4.95. The molecule has 4 nitrogen and oxygen atoms in total. The molecule has 0 spiro atoms. The van der Waals surface area contributed by atoms with Crippen LogP contribution in [0.3, 0.4) is 0 Å². The Morgan fingerprint density at radius 3 is 1.84 bits per heavy atom. The summed E-state index contributed by atoms with van der Waals surface area (Å²) in [6.45, 7) is 5.01. The van der Waals surface area contributed by atoms with Crippen LogP contribution >= 0.6 is 0 Å². The molecule has 0 saturated carbocycles. The highest BCUT2D eigenvalue weighted by Crippen LogP contribution is 2.36. The zero-order valence-electron chi connectivity index (χ0n) is 12.5. The van der Waals surface area contributed by atoms with Crippen molar-refractivity contribution in [3.63, 3.8) is 0 Å². The van der Waals surface area contributed by atoms with Gasteiger partial charge in [0.1, 0.15) is 17.2 Å². The van der Waals surface area contributed by atoms with Crippen LogP contribution in [-0.4, -0.2) is 27.9 Å². The Labute approximate surface area is 115 Å². The van der Waals surface area contributed by atoms with Crippen molar-refractivity contribution in [2.24, 2.45) is 17.6 Å². The van der Waals surface area contributed by atoms with Gasteiger partial charge in [0.25, 0.3) is 0 Å². The predicted octanol–water partition coefficient (Wildman–Crippen LogP) is 2.49. The van der Waals surface area contributed by atoms with E-state index in [0.29, 0.717) is 18.4 Å². The fourth-order valence-electron chi connectivity index (χ4n) is 2.13. The van der Waals surface area contributed by atoms with Crippen LogP contribution in [0.5, 0.6) is 17.2 Å². The normalized spacial score (nSPS) is 12.4. The average Bonchev–Trinajstić information content (AvgIpc) is 2.43. The molecule has 0 fully saturated rings. The first-order valence-electron chi connectivity index (χ1n) is 6.56.